The molecule has 0 bridgehead atoms. The Bertz CT molecular complexity index is 427. The summed E-state index contributed by atoms with van der Waals surface area (Å²) in [5, 5.41) is 0. The van der Waals surface area contributed by atoms with Gasteiger partial charge in [-0.05, 0) is 28.1 Å². The van der Waals surface area contributed by atoms with Crippen LogP contribution in [-0.2, 0) is 6.18 Å². The van der Waals surface area contributed by atoms with Crippen molar-refractivity contribution < 1.29 is 31.1 Å². The number of anilines is 1. The lowest BCUT2D eigenvalue weighted by molar-refractivity contribution is -0.276. The average Bonchev–Trinajstić information content (AvgIpc) is 2.08. The van der Waals surface area contributed by atoms with Gasteiger partial charge in [-0.1, -0.05) is 0 Å². The number of hydrogen-bond donors (Lipinski definition) is 1. The molecule has 0 amide bonds. The summed E-state index contributed by atoms with van der Waals surface area (Å²) in [6.07, 6.45) is -10.2. The summed E-state index contributed by atoms with van der Waals surface area (Å²) in [6.45, 7) is 0. The number of rotatable bonds is 1. The van der Waals surface area contributed by atoms with E-state index in [1.54, 1.807) is 0 Å². The molecule has 0 spiro atoms. The minimum Gasteiger partial charge on any atom is -0.404 e. The Labute approximate surface area is 99.5 Å². The number of alkyl halides is 6. The predicted octanol–water partition coefficient (Wildman–Crippen LogP) is 3.95. The normalized spacial score (nSPS) is 12.6. The molecule has 0 atom stereocenters. The summed E-state index contributed by atoms with van der Waals surface area (Å²) in [6, 6.07) is 1.25. The Morgan fingerprint density at radius 3 is 2.00 bits per heavy atom. The Balaban J connectivity index is 3.37. The maximum atomic E-state index is 12.4. The quantitative estimate of drug-likeness (QED) is 0.627. The highest BCUT2D eigenvalue weighted by Gasteiger charge is 2.40. The first-order valence-corrected chi connectivity index (χ1v) is 4.72. The van der Waals surface area contributed by atoms with Crippen molar-refractivity contribution >= 4 is 21.6 Å². The third-order valence-electron chi connectivity index (χ3n) is 1.65. The lowest BCUT2D eigenvalue weighted by Gasteiger charge is -2.17. The topological polar surface area (TPSA) is 35.2 Å². The van der Waals surface area contributed by atoms with E-state index in [1.165, 1.54) is 0 Å². The molecule has 1 aromatic rings. The van der Waals surface area contributed by atoms with Crippen LogP contribution in [0.25, 0.3) is 0 Å². The first-order chi connectivity index (χ1) is 7.52. The van der Waals surface area contributed by atoms with Crippen LogP contribution in [0.15, 0.2) is 16.6 Å². The van der Waals surface area contributed by atoms with Gasteiger partial charge in [-0.25, -0.2) is 0 Å². The van der Waals surface area contributed by atoms with Gasteiger partial charge in [0.05, 0.1) is 10.0 Å². The van der Waals surface area contributed by atoms with Crippen LogP contribution in [0.3, 0.4) is 0 Å². The molecule has 9 heteroatoms. The summed E-state index contributed by atoms with van der Waals surface area (Å²) in [7, 11) is 0. The Morgan fingerprint density at radius 2 is 1.59 bits per heavy atom. The number of hydrogen-bond acceptors (Lipinski definition) is 2. The monoisotopic (exact) mass is 323 g/mol. The summed E-state index contributed by atoms with van der Waals surface area (Å²) in [4.78, 5) is 0. The first kappa shape index (κ1) is 13.9. The molecular formula is C8H4BrF6NO. The molecule has 0 radical (unpaired) electrons. The van der Waals surface area contributed by atoms with Crippen molar-refractivity contribution in [2.45, 2.75) is 12.5 Å². The lowest BCUT2D eigenvalue weighted by Crippen LogP contribution is -2.20. The van der Waals surface area contributed by atoms with Crippen molar-refractivity contribution in [3.8, 4) is 5.75 Å². The minimum atomic E-state index is -5.24. The molecule has 0 fully saturated rings. The van der Waals surface area contributed by atoms with Crippen LogP contribution in [0.1, 0.15) is 5.56 Å². The van der Waals surface area contributed by atoms with Crippen LogP contribution in [0.5, 0.6) is 5.75 Å². The van der Waals surface area contributed by atoms with E-state index >= 15 is 0 Å². The fourth-order valence-electron chi connectivity index (χ4n) is 1.01. The Kier molecular flexibility index (Phi) is 3.51. The van der Waals surface area contributed by atoms with E-state index in [0.717, 1.165) is 6.07 Å². The molecule has 0 aliphatic heterocycles. The highest BCUT2D eigenvalue weighted by atomic mass is 79.9. The third-order valence-corrected chi connectivity index (χ3v) is 2.47. The number of nitrogens with two attached hydrogens (primary N) is 1. The molecule has 2 N–H and O–H groups in total. The van der Waals surface area contributed by atoms with E-state index in [9.17, 15) is 26.3 Å². The second kappa shape index (κ2) is 4.28. The molecule has 1 rings (SSSR count). The molecule has 1 aromatic carbocycles. The number of halogens is 7. The fourth-order valence-corrected chi connectivity index (χ4v) is 1.44. The maximum Gasteiger partial charge on any atom is 0.573 e. The van der Waals surface area contributed by atoms with Gasteiger partial charge in [0, 0.05) is 5.69 Å². The molecule has 0 aromatic heterocycles. The van der Waals surface area contributed by atoms with Crippen molar-refractivity contribution in [3.63, 3.8) is 0 Å². The van der Waals surface area contributed by atoms with Crippen LogP contribution in [-0.4, -0.2) is 6.36 Å². The van der Waals surface area contributed by atoms with Gasteiger partial charge >= 0.3 is 12.5 Å². The standard InChI is InChI=1S/C8H4BrF6NO/c9-5-4(16)2-1-3(7(10,11)12)6(5)17-8(13,14)15/h1-2H,16H2. The van der Waals surface area contributed by atoms with Gasteiger partial charge in [-0.3, -0.25) is 0 Å². The molecule has 0 saturated heterocycles. The average molecular weight is 324 g/mol. The summed E-state index contributed by atoms with van der Waals surface area (Å²) >= 11 is 2.53. The van der Waals surface area contributed by atoms with Gasteiger partial charge in [0.2, 0.25) is 0 Å². The van der Waals surface area contributed by atoms with Crippen molar-refractivity contribution in [2.75, 3.05) is 5.73 Å². The highest BCUT2D eigenvalue weighted by Crippen LogP contribution is 2.44. The van der Waals surface area contributed by atoms with Gasteiger partial charge in [-0.15, -0.1) is 13.2 Å². The van der Waals surface area contributed by atoms with Crippen molar-refractivity contribution in [1.29, 1.82) is 0 Å². The number of ether oxygens (including phenoxy) is 1. The van der Waals surface area contributed by atoms with E-state index in [-0.39, 0.29) is 5.69 Å². The third kappa shape index (κ3) is 3.42. The Hall–Kier alpha value is -1.12. The van der Waals surface area contributed by atoms with Gasteiger partial charge in [0.15, 0.2) is 5.75 Å². The molecule has 2 nitrogen and oxygen atoms in total. The Morgan fingerprint density at radius 1 is 1.06 bits per heavy atom. The first-order valence-electron chi connectivity index (χ1n) is 3.93. The van der Waals surface area contributed by atoms with Gasteiger partial charge < -0.3 is 10.5 Å². The van der Waals surface area contributed by atoms with E-state index in [4.69, 9.17) is 5.73 Å². The van der Waals surface area contributed by atoms with Gasteiger partial charge in [0.25, 0.3) is 0 Å². The zero-order valence-corrected chi connectivity index (χ0v) is 9.37. The number of benzene rings is 1. The minimum absolute atomic E-state index is 0.294. The maximum absolute atomic E-state index is 12.4. The molecule has 0 heterocycles. The molecular weight excluding hydrogens is 320 g/mol. The van der Waals surface area contributed by atoms with Crippen molar-refractivity contribution in [3.05, 3.63) is 22.2 Å². The fraction of sp³-hybridized carbons (Fsp3) is 0.250. The second-order valence-electron chi connectivity index (χ2n) is 2.89. The zero-order valence-electron chi connectivity index (χ0n) is 7.79. The zero-order chi connectivity index (χ0) is 13.4. The highest BCUT2D eigenvalue weighted by molar-refractivity contribution is 9.10. The van der Waals surface area contributed by atoms with E-state index in [2.05, 4.69) is 20.7 Å². The van der Waals surface area contributed by atoms with Crippen molar-refractivity contribution in [1.82, 2.24) is 0 Å². The van der Waals surface area contributed by atoms with Crippen molar-refractivity contribution in [2.24, 2.45) is 0 Å². The predicted molar refractivity (Wildman–Crippen MR) is 50.2 cm³/mol. The van der Waals surface area contributed by atoms with Crippen LogP contribution in [0.4, 0.5) is 32.0 Å². The molecule has 0 aliphatic carbocycles. The van der Waals surface area contributed by atoms with E-state index in [1.807, 2.05) is 0 Å². The van der Waals surface area contributed by atoms with E-state index in [0.29, 0.717) is 6.07 Å². The molecule has 0 unspecified atom stereocenters. The largest absolute Gasteiger partial charge is 0.573 e. The smallest absolute Gasteiger partial charge is 0.404 e. The molecule has 0 aliphatic rings. The van der Waals surface area contributed by atoms with E-state index < -0.39 is 28.3 Å². The van der Waals surface area contributed by atoms with Crippen LogP contribution in [0.2, 0.25) is 0 Å². The SMILES string of the molecule is Nc1ccc(C(F)(F)F)c(OC(F)(F)F)c1Br. The van der Waals surface area contributed by atoms with Crippen LogP contribution >= 0.6 is 15.9 Å². The lowest BCUT2D eigenvalue weighted by atomic mass is 10.2. The van der Waals surface area contributed by atoms with Crippen LogP contribution < -0.4 is 10.5 Å². The summed E-state index contributed by atoms with van der Waals surface area (Å²) in [5.74, 6) is -1.40. The second-order valence-corrected chi connectivity index (χ2v) is 3.68. The number of nitrogen functional groups attached to an aromatic ring is 1. The molecule has 0 saturated carbocycles. The molecule has 17 heavy (non-hydrogen) atoms. The van der Waals surface area contributed by atoms with Gasteiger partial charge in [0.1, 0.15) is 0 Å². The van der Waals surface area contributed by atoms with Crippen LogP contribution in [0, 0.1) is 0 Å². The summed E-state index contributed by atoms with van der Waals surface area (Å²) in [5.41, 5.74) is 3.34. The summed E-state index contributed by atoms with van der Waals surface area (Å²) < 4.78 is 75.9. The molecule has 96 valence electrons. The van der Waals surface area contributed by atoms with Gasteiger partial charge in [-0.2, -0.15) is 13.2 Å².